The second-order valence-corrected chi connectivity index (χ2v) is 9.80. The molecule has 5 rings (SSSR count). The molecule has 182 valence electrons. The first-order chi connectivity index (χ1) is 17.4. The van der Waals surface area contributed by atoms with Gasteiger partial charge in [-0.3, -0.25) is 4.99 Å². The highest BCUT2D eigenvalue weighted by atomic mass is 35.5. The van der Waals surface area contributed by atoms with E-state index in [2.05, 4.69) is 9.88 Å². The van der Waals surface area contributed by atoms with Crippen LogP contribution in [-0.4, -0.2) is 22.6 Å². The van der Waals surface area contributed by atoms with Gasteiger partial charge in [0.1, 0.15) is 0 Å². The predicted molar refractivity (Wildman–Crippen MR) is 152 cm³/mol. The van der Waals surface area contributed by atoms with Gasteiger partial charge in [-0.25, -0.2) is 4.98 Å². The highest BCUT2D eigenvalue weighted by molar-refractivity contribution is 6.42. The molecular formula is C27H21Cl4N5. The maximum Gasteiger partial charge on any atom is 0.0900 e. The van der Waals surface area contributed by atoms with Gasteiger partial charge in [0.15, 0.2) is 0 Å². The molecule has 0 bridgehead atoms. The fourth-order valence-electron chi connectivity index (χ4n) is 4.00. The average molecular weight is 557 g/mol. The Balaban J connectivity index is 1.78. The zero-order chi connectivity index (χ0) is 25.2. The zero-order valence-corrected chi connectivity index (χ0v) is 22.0. The maximum atomic E-state index is 6.40. The quantitative estimate of drug-likeness (QED) is 0.166. The van der Waals surface area contributed by atoms with E-state index in [1.54, 1.807) is 18.2 Å². The zero-order valence-electron chi connectivity index (χ0n) is 19.0. The molecule has 0 aromatic heterocycles. The Bertz CT molecular complexity index is 1610. The van der Waals surface area contributed by atoms with E-state index in [0.29, 0.717) is 33.2 Å². The van der Waals surface area contributed by atoms with Crippen molar-refractivity contribution in [2.24, 2.45) is 10.7 Å². The molecule has 0 fully saturated rings. The Kier molecular flexibility index (Phi) is 7.37. The lowest BCUT2D eigenvalue weighted by Crippen LogP contribution is -2.16. The molecule has 5 nitrogen and oxygen atoms in total. The predicted octanol–water partition coefficient (Wildman–Crippen LogP) is 7.74. The number of anilines is 2. The van der Waals surface area contributed by atoms with Crippen molar-refractivity contribution in [1.29, 1.82) is 0 Å². The lowest BCUT2D eigenvalue weighted by atomic mass is 10.1. The number of aromatic nitrogens is 2. The second kappa shape index (κ2) is 10.7. The number of nitrogens with one attached hydrogen (secondary N) is 1. The first-order valence-corrected chi connectivity index (χ1v) is 12.8. The van der Waals surface area contributed by atoms with Crippen molar-refractivity contribution in [3.8, 4) is 17.1 Å². The largest absolute Gasteiger partial charge is 0.354 e. The Hall–Kier alpha value is -2.80. The fourth-order valence-corrected chi connectivity index (χ4v) is 4.59. The minimum Gasteiger partial charge on any atom is -0.354 e. The Morgan fingerprint density at radius 1 is 0.833 bits per heavy atom. The molecule has 2 aliphatic rings. The summed E-state index contributed by atoms with van der Waals surface area (Å²) in [6.07, 6.45) is 0.771. The summed E-state index contributed by atoms with van der Waals surface area (Å²) in [6, 6.07) is 22.9. The number of para-hydroxylation sites is 2. The third kappa shape index (κ3) is 5.03. The highest BCUT2D eigenvalue weighted by Crippen LogP contribution is 2.33. The Morgan fingerprint density at radius 3 is 2.33 bits per heavy atom. The van der Waals surface area contributed by atoms with Gasteiger partial charge in [-0.05, 0) is 73.6 Å². The van der Waals surface area contributed by atoms with Crippen molar-refractivity contribution in [3.05, 3.63) is 98.2 Å². The Morgan fingerprint density at radius 2 is 1.58 bits per heavy atom. The van der Waals surface area contributed by atoms with Crippen molar-refractivity contribution >= 4 is 68.8 Å². The molecule has 0 amide bonds. The van der Waals surface area contributed by atoms with Crippen LogP contribution in [-0.2, 0) is 0 Å². The first-order valence-electron chi connectivity index (χ1n) is 11.3. The monoisotopic (exact) mass is 555 g/mol. The summed E-state index contributed by atoms with van der Waals surface area (Å²) in [7, 11) is 0. The van der Waals surface area contributed by atoms with E-state index in [4.69, 9.17) is 62.1 Å². The summed E-state index contributed by atoms with van der Waals surface area (Å²) >= 11 is 25.0. The molecule has 1 aliphatic heterocycles. The lowest BCUT2D eigenvalue weighted by Gasteiger charge is -2.20. The molecule has 9 heteroatoms. The Labute approximate surface area is 228 Å². The van der Waals surface area contributed by atoms with Gasteiger partial charge in [0.05, 0.1) is 53.6 Å². The normalized spacial score (nSPS) is 12.0. The van der Waals surface area contributed by atoms with Gasteiger partial charge in [0.2, 0.25) is 0 Å². The summed E-state index contributed by atoms with van der Waals surface area (Å²) in [6.45, 7) is 1.15. The summed E-state index contributed by atoms with van der Waals surface area (Å²) < 4.78 is 2.12. The van der Waals surface area contributed by atoms with Gasteiger partial charge < -0.3 is 15.6 Å². The minimum absolute atomic E-state index is 0.464. The average Bonchev–Trinajstić information content (AvgIpc) is 2.87. The highest BCUT2D eigenvalue weighted by Gasteiger charge is 2.17. The maximum absolute atomic E-state index is 6.40. The summed E-state index contributed by atoms with van der Waals surface area (Å²) in [4.78, 5) is 9.79. The van der Waals surface area contributed by atoms with E-state index in [-0.39, 0.29) is 0 Å². The van der Waals surface area contributed by atoms with Crippen LogP contribution in [0.4, 0.5) is 11.4 Å². The van der Waals surface area contributed by atoms with Gasteiger partial charge >= 0.3 is 0 Å². The second-order valence-electron chi connectivity index (χ2n) is 8.17. The molecule has 1 heterocycles. The number of hydrogen-bond acceptors (Lipinski definition) is 4. The standard InChI is InChI=1S/C27H21Cl4N5/c28-18-8-6-16(12-20(18)30)34-24-14-25-27(15-23(24)33-11-3-10-32)36(17-7-9-19(29)21(31)13-17)26-5-2-1-4-22(26)35-25/h1-2,4-9,12-15,34H,3,10-11,32H2. The molecule has 3 aromatic carbocycles. The van der Waals surface area contributed by atoms with Crippen LogP contribution in [0.1, 0.15) is 6.42 Å². The van der Waals surface area contributed by atoms with Crippen molar-refractivity contribution < 1.29 is 0 Å². The van der Waals surface area contributed by atoms with Crippen LogP contribution >= 0.6 is 46.4 Å². The molecule has 0 spiro atoms. The number of halogens is 4. The number of benzene rings is 4. The van der Waals surface area contributed by atoms with Crippen molar-refractivity contribution in [1.82, 2.24) is 9.55 Å². The molecule has 0 saturated heterocycles. The topological polar surface area (TPSA) is 68.2 Å². The van der Waals surface area contributed by atoms with Crippen molar-refractivity contribution in [3.63, 3.8) is 0 Å². The van der Waals surface area contributed by atoms with Crippen LogP contribution in [0.25, 0.3) is 28.1 Å². The van der Waals surface area contributed by atoms with Crippen molar-refractivity contribution in [2.45, 2.75) is 6.42 Å². The molecule has 0 radical (unpaired) electrons. The molecule has 3 aromatic rings. The van der Waals surface area contributed by atoms with E-state index in [0.717, 1.165) is 51.3 Å². The number of nitrogens with two attached hydrogens (primary N) is 1. The molecule has 1 aliphatic carbocycles. The van der Waals surface area contributed by atoms with E-state index in [1.165, 1.54) is 0 Å². The number of fused-ring (bicyclic) bond motifs is 2. The number of nitrogens with zero attached hydrogens (tertiary/aromatic N) is 3. The van der Waals surface area contributed by atoms with Gasteiger partial charge in [-0.15, -0.1) is 0 Å². The van der Waals surface area contributed by atoms with Crippen LogP contribution < -0.4 is 16.4 Å². The van der Waals surface area contributed by atoms with Crippen LogP contribution in [0, 0.1) is 0 Å². The van der Waals surface area contributed by atoms with Gasteiger partial charge in [0.25, 0.3) is 0 Å². The number of hydrogen-bond donors (Lipinski definition) is 2. The SMILES string of the molecule is NCCCN=c1cc2n(-c3ccc(Cl)c(Cl)c3)c3ccccc3nc-2cc1Nc1ccc(Cl)c(Cl)c1. The van der Waals surface area contributed by atoms with Gasteiger partial charge in [0, 0.05) is 17.9 Å². The number of rotatable bonds is 6. The van der Waals surface area contributed by atoms with E-state index in [9.17, 15) is 0 Å². The first kappa shape index (κ1) is 24.9. The molecular weight excluding hydrogens is 536 g/mol. The van der Waals surface area contributed by atoms with Gasteiger partial charge in [-0.2, -0.15) is 0 Å². The van der Waals surface area contributed by atoms with E-state index in [1.807, 2.05) is 54.6 Å². The van der Waals surface area contributed by atoms with Crippen LogP contribution in [0.5, 0.6) is 0 Å². The molecule has 3 N–H and O–H groups in total. The van der Waals surface area contributed by atoms with Crippen molar-refractivity contribution in [2.75, 3.05) is 18.4 Å². The molecule has 0 saturated carbocycles. The van der Waals surface area contributed by atoms with Crippen LogP contribution in [0.3, 0.4) is 0 Å². The third-order valence-corrected chi connectivity index (χ3v) is 7.18. The molecule has 36 heavy (non-hydrogen) atoms. The lowest BCUT2D eigenvalue weighted by molar-refractivity contribution is 0.828. The molecule has 0 atom stereocenters. The molecule has 0 unspecified atom stereocenters. The van der Waals surface area contributed by atoms with E-state index < -0.39 is 0 Å². The summed E-state index contributed by atoms with van der Waals surface area (Å²) in [5, 5.41) is 6.12. The van der Waals surface area contributed by atoms with Crippen LogP contribution in [0.2, 0.25) is 20.1 Å². The minimum atomic E-state index is 0.464. The van der Waals surface area contributed by atoms with Crippen LogP contribution in [0.15, 0.2) is 77.8 Å². The smallest absolute Gasteiger partial charge is 0.0900 e. The fraction of sp³-hybridized carbons (Fsp3) is 0.111. The van der Waals surface area contributed by atoms with Gasteiger partial charge in [-0.1, -0.05) is 58.5 Å². The third-order valence-electron chi connectivity index (χ3n) is 5.70. The summed E-state index contributed by atoms with van der Waals surface area (Å²) in [5.74, 6) is 0. The van der Waals surface area contributed by atoms with E-state index >= 15 is 0 Å². The summed E-state index contributed by atoms with van der Waals surface area (Å²) in [5.41, 5.74) is 11.6.